The molecular weight excluding hydrogens is 208 g/mol. The highest BCUT2D eigenvalue weighted by atomic mass is 32.2. The Kier molecular flexibility index (Phi) is 5.23. The molecule has 0 saturated heterocycles. The average molecular weight is 228 g/mol. The van der Waals surface area contributed by atoms with E-state index >= 15 is 0 Å². The summed E-state index contributed by atoms with van der Waals surface area (Å²) < 4.78 is 0. The fourth-order valence-corrected chi connectivity index (χ4v) is 3.22. The second-order valence-corrected chi connectivity index (χ2v) is 5.98. The maximum absolute atomic E-state index is 10.7. The zero-order valence-electron chi connectivity index (χ0n) is 9.48. The minimum Gasteiger partial charge on any atom is -0.513 e. The molecule has 0 spiro atoms. The second-order valence-electron chi connectivity index (χ2n) is 4.27. The molecule has 3 atom stereocenters. The van der Waals surface area contributed by atoms with E-state index in [2.05, 4.69) is 13.8 Å². The topological polar surface area (TPSA) is 37.3 Å². The number of aldehydes is 1. The van der Waals surface area contributed by atoms with Gasteiger partial charge < -0.3 is 9.90 Å². The lowest BCUT2D eigenvalue weighted by atomic mass is 9.84. The van der Waals surface area contributed by atoms with Crippen LogP contribution in [0.3, 0.4) is 0 Å². The van der Waals surface area contributed by atoms with Gasteiger partial charge in [0.05, 0.1) is 5.76 Å². The number of rotatable bonds is 5. The van der Waals surface area contributed by atoms with Crippen LogP contribution in [-0.4, -0.2) is 22.4 Å². The molecule has 15 heavy (non-hydrogen) atoms. The number of carbonyl (C=O) groups excluding carboxylic acids is 1. The Morgan fingerprint density at radius 2 is 2.47 bits per heavy atom. The molecule has 0 fully saturated rings. The normalized spacial score (nSPS) is 28.3. The molecule has 0 heterocycles. The van der Waals surface area contributed by atoms with Gasteiger partial charge in [-0.1, -0.05) is 13.8 Å². The Bertz CT molecular complexity index is 238. The van der Waals surface area contributed by atoms with Crippen LogP contribution in [0.2, 0.25) is 0 Å². The molecule has 0 radical (unpaired) electrons. The average Bonchev–Trinajstić information content (AvgIpc) is 2.17. The first-order chi connectivity index (χ1) is 7.15. The third-order valence-corrected chi connectivity index (χ3v) is 3.90. The SMILES string of the molecule is CCSC(C)CC1CC(O)=CC(C=O)C1. The van der Waals surface area contributed by atoms with Crippen molar-refractivity contribution in [3.8, 4) is 0 Å². The van der Waals surface area contributed by atoms with Crippen molar-refractivity contribution < 1.29 is 9.90 Å². The Balaban J connectivity index is 2.44. The fourth-order valence-electron chi connectivity index (χ4n) is 2.24. The molecule has 2 nitrogen and oxygen atoms in total. The van der Waals surface area contributed by atoms with Crippen molar-refractivity contribution in [2.24, 2.45) is 11.8 Å². The van der Waals surface area contributed by atoms with Crippen molar-refractivity contribution in [2.75, 3.05) is 5.75 Å². The maximum Gasteiger partial charge on any atom is 0.126 e. The smallest absolute Gasteiger partial charge is 0.126 e. The number of allylic oxidation sites excluding steroid dienone is 2. The van der Waals surface area contributed by atoms with Crippen molar-refractivity contribution >= 4 is 18.0 Å². The number of thioether (sulfide) groups is 1. The Hall–Kier alpha value is -0.440. The predicted octanol–water partition coefficient (Wildman–Crippen LogP) is 3.19. The summed E-state index contributed by atoms with van der Waals surface area (Å²) >= 11 is 1.95. The van der Waals surface area contributed by atoms with Crippen LogP contribution >= 0.6 is 11.8 Å². The van der Waals surface area contributed by atoms with Gasteiger partial charge in [0.2, 0.25) is 0 Å². The Labute approximate surface area is 96.1 Å². The molecule has 1 rings (SSSR count). The van der Waals surface area contributed by atoms with Gasteiger partial charge in [0.25, 0.3) is 0 Å². The van der Waals surface area contributed by atoms with Gasteiger partial charge in [-0.3, -0.25) is 0 Å². The van der Waals surface area contributed by atoms with E-state index in [1.807, 2.05) is 11.8 Å². The van der Waals surface area contributed by atoms with Crippen molar-refractivity contribution in [3.05, 3.63) is 11.8 Å². The largest absolute Gasteiger partial charge is 0.513 e. The Morgan fingerprint density at radius 1 is 1.73 bits per heavy atom. The number of aliphatic hydroxyl groups is 1. The zero-order valence-corrected chi connectivity index (χ0v) is 10.3. The highest BCUT2D eigenvalue weighted by Gasteiger charge is 2.23. The number of carbonyl (C=O) groups is 1. The third-order valence-electron chi connectivity index (χ3n) is 2.80. The molecule has 1 aliphatic carbocycles. The summed E-state index contributed by atoms with van der Waals surface area (Å²) in [4.78, 5) is 10.7. The minimum atomic E-state index is -0.0671. The van der Waals surface area contributed by atoms with Crippen LogP contribution in [0.5, 0.6) is 0 Å². The van der Waals surface area contributed by atoms with Gasteiger partial charge in [0, 0.05) is 17.6 Å². The van der Waals surface area contributed by atoms with E-state index < -0.39 is 0 Å². The van der Waals surface area contributed by atoms with Crippen LogP contribution in [0.1, 0.15) is 33.1 Å². The van der Waals surface area contributed by atoms with E-state index in [0.717, 1.165) is 31.3 Å². The van der Waals surface area contributed by atoms with Gasteiger partial charge in [-0.05, 0) is 30.6 Å². The molecule has 0 bridgehead atoms. The highest BCUT2D eigenvalue weighted by molar-refractivity contribution is 7.99. The van der Waals surface area contributed by atoms with Crippen molar-refractivity contribution in [3.63, 3.8) is 0 Å². The summed E-state index contributed by atoms with van der Waals surface area (Å²) in [5.74, 6) is 1.94. The van der Waals surface area contributed by atoms with E-state index in [1.165, 1.54) is 0 Å². The lowest BCUT2D eigenvalue weighted by Gasteiger charge is -2.25. The summed E-state index contributed by atoms with van der Waals surface area (Å²) in [7, 11) is 0. The molecule has 0 aromatic heterocycles. The van der Waals surface area contributed by atoms with Gasteiger partial charge in [-0.25, -0.2) is 0 Å². The van der Waals surface area contributed by atoms with Crippen LogP contribution in [0.25, 0.3) is 0 Å². The van der Waals surface area contributed by atoms with Crippen molar-refractivity contribution in [1.29, 1.82) is 0 Å². The second kappa shape index (κ2) is 6.21. The highest BCUT2D eigenvalue weighted by Crippen LogP contribution is 2.31. The van der Waals surface area contributed by atoms with Crippen LogP contribution in [-0.2, 0) is 4.79 Å². The molecule has 0 aromatic rings. The molecule has 1 N–H and O–H groups in total. The number of hydrogen-bond donors (Lipinski definition) is 1. The zero-order chi connectivity index (χ0) is 11.3. The van der Waals surface area contributed by atoms with Crippen LogP contribution in [0.15, 0.2) is 11.8 Å². The summed E-state index contributed by atoms with van der Waals surface area (Å²) in [6, 6.07) is 0. The molecule has 0 amide bonds. The first kappa shape index (κ1) is 12.6. The lowest BCUT2D eigenvalue weighted by Crippen LogP contribution is -2.18. The first-order valence-electron chi connectivity index (χ1n) is 5.62. The molecular formula is C12H20O2S. The van der Waals surface area contributed by atoms with E-state index in [0.29, 0.717) is 16.9 Å². The summed E-state index contributed by atoms with van der Waals surface area (Å²) in [5.41, 5.74) is 0. The van der Waals surface area contributed by atoms with Crippen molar-refractivity contribution in [2.45, 2.75) is 38.4 Å². The fraction of sp³-hybridized carbons (Fsp3) is 0.750. The minimum absolute atomic E-state index is 0.0671. The van der Waals surface area contributed by atoms with E-state index in [4.69, 9.17) is 0 Å². The van der Waals surface area contributed by atoms with Crippen molar-refractivity contribution in [1.82, 2.24) is 0 Å². The van der Waals surface area contributed by atoms with Gasteiger partial charge >= 0.3 is 0 Å². The van der Waals surface area contributed by atoms with Gasteiger partial charge in [-0.15, -0.1) is 0 Å². The lowest BCUT2D eigenvalue weighted by molar-refractivity contribution is -0.110. The monoisotopic (exact) mass is 228 g/mol. The summed E-state index contributed by atoms with van der Waals surface area (Å²) in [6.07, 6.45) is 5.39. The molecule has 1 aliphatic rings. The molecule has 0 aromatic carbocycles. The van der Waals surface area contributed by atoms with Crippen LogP contribution < -0.4 is 0 Å². The first-order valence-corrected chi connectivity index (χ1v) is 6.67. The van der Waals surface area contributed by atoms with Gasteiger partial charge in [-0.2, -0.15) is 11.8 Å². The Morgan fingerprint density at radius 3 is 3.07 bits per heavy atom. The molecule has 0 saturated carbocycles. The maximum atomic E-state index is 10.7. The third kappa shape index (κ3) is 4.29. The predicted molar refractivity (Wildman–Crippen MR) is 65.2 cm³/mol. The quantitative estimate of drug-likeness (QED) is 0.734. The standard InChI is InChI=1S/C12H20O2S/c1-3-15-9(2)4-10-5-11(8-13)7-12(14)6-10/h7-11,14H,3-6H2,1-2H3. The van der Waals surface area contributed by atoms with Gasteiger partial charge in [0.1, 0.15) is 6.29 Å². The van der Waals surface area contributed by atoms with Crippen LogP contribution in [0, 0.1) is 11.8 Å². The summed E-state index contributed by atoms with van der Waals surface area (Å²) in [6.45, 7) is 4.38. The van der Waals surface area contributed by atoms with E-state index in [1.54, 1.807) is 6.08 Å². The van der Waals surface area contributed by atoms with Gasteiger partial charge in [0.15, 0.2) is 0 Å². The van der Waals surface area contributed by atoms with Crippen LogP contribution in [0.4, 0.5) is 0 Å². The van der Waals surface area contributed by atoms with E-state index in [9.17, 15) is 9.90 Å². The number of hydrogen-bond acceptors (Lipinski definition) is 3. The molecule has 3 heteroatoms. The number of aliphatic hydroxyl groups excluding tert-OH is 1. The molecule has 3 unspecified atom stereocenters. The van der Waals surface area contributed by atoms with E-state index in [-0.39, 0.29) is 5.92 Å². The molecule has 86 valence electrons. The molecule has 0 aliphatic heterocycles. The summed E-state index contributed by atoms with van der Waals surface area (Å²) in [5, 5.41) is 10.1.